The van der Waals surface area contributed by atoms with Gasteiger partial charge in [0.05, 0.1) is 18.3 Å². The highest BCUT2D eigenvalue weighted by Gasteiger charge is 2.07. The second-order valence-electron chi connectivity index (χ2n) is 4.81. The van der Waals surface area contributed by atoms with Gasteiger partial charge < -0.3 is 9.15 Å². The third-order valence-corrected chi connectivity index (χ3v) is 3.65. The lowest BCUT2D eigenvalue weighted by molar-refractivity contribution is 0.340. The maximum Gasteiger partial charge on any atom is 0.140 e. The minimum absolute atomic E-state index is 0.503. The molecule has 0 unspecified atom stereocenters. The highest BCUT2D eigenvalue weighted by molar-refractivity contribution is 6.34. The number of hydrogen-bond acceptors (Lipinski definition) is 3. The van der Waals surface area contributed by atoms with Crippen molar-refractivity contribution >= 4 is 22.6 Å². The Kier molecular flexibility index (Phi) is 4.11. The summed E-state index contributed by atoms with van der Waals surface area (Å²) in [5.41, 5.74) is 2.98. The fraction of sp³-hybridized carbons (Fsp3) is 0.235. The van der Waals surface area contributed by atoms with Crippen LogP contribution in [0.4, 0.5) is 0 Å². The third-order valence-electron chi connectivity index (χ3n) is 3.36. The fourth-order valence-corrected chi connectivity index (χ4v) is 2.56. The normalized spacial score (nSPS) is 11.0. The van der Waals surface area contributed by atoms with E-state index in [1.807, 2.05) is 31.2 Å². The summed E-state index contributed by atoms with van der Waals surface area (Å²) in [5, 5.41) is 1.37. The number of nitrogens with zero attached hydrogens (tertiary/aromatic N) is 1. The number of aryl methyl sites for hydroxylation is 2. The van der Waals surface area contributed by atoms with Crippen LogP contribution >= 0.6 is 11.6 Å². The number of halogens is 1. The van der Waals surface area contributed by atoms with Crippen molar-refractivity contribution in [1.29, 1.82) is 0 Å². The van der Waals surface area contributed by atoms with E-state index >= 15 is 0 Å². The smallest absolute Gasteiger partial charge is 0.140 e. The molecule has 3 nitrogen and oxygen atoms in total. The van der Waals surface area contributed by atoms with Gasteiger partial charge in [-0.15, -0.1) is 0 Å². The number of aromatic nitrogens is 1. The summed E-state index contributed by atoms with van der Waals surface area (Å²) in [7, 11) is 0. The van der Waals surface area contributed by atoms with E-state index in [2.05, 4.69) is 17.1 Å². The molecule has 0 saturated carbocycles. The molecule has 0 bridgehead atoms. The van der Waals surface area contributed by atoms with E-state index in [0.29, 0.717) is 11.8 Å². The first-order valence-corrected chi connectivity index (χ1v) is 7.38. The summed E-state index contributed by atoms with van der Waals surface area (Å²) in [5.74, 6) is 0.902. The van der Waals surface area contributed by atoms with Crippen molar-refractivity contribution in [2.45, 2.75) is 19.8 Å². The highest BCUT2D eigenvalue weighted by Crippen LogP contribution is 2.24. The van der Waals surface area contributed by atoms with Gasteiger partial charge in [0.15, 0.2) is 0 Å². The fourth-order valence-electron chi connectivity index (χ4n) is 2.29. The molecule has 0 aliphatic heterocycles. The Labute approximate surface area is 128 Å². The predicted octanol–water partition coefficient (Wildman–Crippen LogP) is 4.67. The van der Waals surface area contributed by atoms with E-state index in [1.165, 1.54) is 5.56 Å². The molecule has 0 N–H and O–H groups in total. The number of furan rings is 1. The predicted molar refractivity (Wildman–Crippen MR) is 84.0 cm³/mol. The van der Waals surface area contributed by atoms with E-state index in [1.54, 1.807) is 6.26 Å². The maximum atomic E-state index is 6.15. The number of ether oxygens (including phenoxy) is 1. The van der Waals surface area contributed by atoms with Crippen molar-refractivity contribution in [3.8, 4) is 5.75 Å². The van der Waals surface area contributed by atoms with Gasteiger partial charge in [0.25, 0.3) is 0 Å². The minimum atomic E-state index is 0.503. The van der Waals surface area contributed by atoms with Crippen LogP contribution in [-0.4, -0.2) is 11.6 Å². The first kappa shape index (κ1) is 14.0. The molecule has 3 rings (SSSR count). The van der Waals surface area contributed by atoms with Gasteiger partial charge in [0.1, 0.15) is 16.5 Å². The van der Waals surface area contributed by atoms with E-state index < -0.39 is 0 Å². The molecule has 3 aromatic rings. The molecular formula is C17H16ClNO2. The topological polar surface area (TPSA) is 35.3 Å². The molecule has 0 fully saturated rings. The van der Waals surface area contributed by atoms with E-state index in [0.717, 1.165) is 35.3 Å². The van der Waals surface area contributed by atoms with Gasteiger partial charge in [-0.1, -0.05) is 23.7 Å². The van der Waals surface area contributed by atoms with Crippen LogP contribution in [-0.2, 0) is 12.8 Å². The van der Waals surface area contributed by atoms with Crippen LogP contribution in [0.15, 0.2) is 47.1 Å². The summed E-state index contributed by atoms with van der Waals surface area (Å²) in [6, 6.07) is 11.9. The molecule has 0 aliphatic rings. The third kappa shape index (κ3) is 3.19. The Morgan fingerprint density at radius 2 is 1.95 bits per heavy atom. The van der Waals surface area contributed by atoms with Gasteiger partial charge in [-0.2, -0.15) is 0 Å². The molecule has 0 aliphatic carbocycles. The largest absolute Gasteiger partial charge is 0.494 e. The van der Waals surface area contributed by atoms with Crippen LogP contribution in [0.2, 0.25) is 5.15 Å². The van der Waals surface area contributed by atoms with E-state index in [4.69, 9.17) is 20.8 Å². The van der Waals surface area contributed by atoms with E-state index in [9.17, 15) is 0 Å². The molecule has 0 spiro atoms. The summed E-state index contributed by atoms with van der Waals surface area (Å²) in [4.78, 5) is 4.42. The average molecular weight is 302 g/mol. The van der Waals surface area contributed by atoms with Gasteiger partial charge in [0.2, 0.25) is 0 Å². The molecule has 0 atom stereocenters. The molecule has 4 heteroatoms. The lowest BCUT2D eigenvalue weighted by atomic mass is 10.1. The molecule has 0 radical (unpaired) electrons. The molecule has 1 aromatic carbocycles. The minimum Gasteiger partial charge on any atom is -0.494 e. The zero-order valence-corrected chi connectivity index (χ0v) is 12.6. The summed E-state index contributed by atoms with van der Waals surface area (Å²) in [6.45, 7) is 2.67. The number of pyridine rings is 1. The zero-order chi connectivity index (χ0) is 14.7. The summed E-state index contributed by atoms with van der Waals surface area (Å²) < 4.78 is 10.8. The summed E-state index contributed by atoms with van der Waals surface area (Å²) in [6.07, 6.45) is 3.36. The van der Waals surface area contributed by atoms with Crippen molar-refractivity contribution in [2.24, 2.45) is 0 Å². The Morgan fingerprint density at radius 3 is 2.71 bits per heavy atom. The highest BCUT2D eigenvalue weighted by atomic mass is 35.5. The summed E-state index contributed by atoms with van der Waals surface area (Å²) >= 11 is 6.15. The van der Waals surface area contributed by atoms with Gasteiger partial charge in [0, 0.05) is 11.8 Å². The van der Waals surface area contributed by atoms with E-state index in [-0.39, 0.29) is 0 Å². The number of rotatable bonds is 5. The van der Waals surface area contributed by atoms with Crippen LogP contribution in [0.5, 0.6) is 5.75 Å². The van der Waals surface area contributed by atoms with Gasteiger partial charge in [-0.3, -0.25) is 0 Å². The van der Waals surface area contributed by atoms with Crippen molar-refractivity contribution in [1.82, 2.24) is 4.98 Å². The second-order valence-corrected chi connectivity index (χ2v) is 5.17. The second kappa shape index (κ2) is 6.19. The van der Waals surface area contributed by atoms with Crippen molar-refractivity contribution in [3.05, 3.63) is 59.1 Å². The molecule has 2 heterocycles. The van der Waals surface area contributed by atoms with Crippen molar-refractivity contribution < 1.29 is 9.15 Å². The van der Waals surface area contributed by atoms with Gasteiger partial charge in [-0.25, -0.2) is 4.98 Å². The van der Waals surface area contributed by atoms with Crippen LogP contribution < -0.4 is 4.74 Å². The van der Waals surface area contributed by atoms with Crippen LogP contribution in [0.3, 0.4) is 0 Å². The van der Waals surface area contributed by atoms with Crippen LogP contribution in [0.1, 0.15) is 18.2 Å². The van der Waals surface area contributed by atoms with Crippen LogP contribution in [0.25, 0.3) is 11.0 Å². The number of fused-ring (bicyclic) bond motifs is 1. The quantitative estimate of drug-likeness (QED) is 0.643. The molecular weight excluding hydrogens is 286 g/mol. The lowest BCUT2D eigenvalue weighted by Gasteiger charge is -2.05. The zero-order valence-electron chi connectivity index (χ0n) is 11.8. The molecule has 0 amide bonds. The number of hydrogen-bond donors (Lipinski definition) is 0. The van der Waals surface area contributed by atoms with Gasteiger partial charge in [-0.05, 0) is 43.5 Å². The molecule has 21 heavy (non-hydrogen) atoms. The Hall–Kier alpha value is -2.00. The number of benzene rings is 1. The van der Waals surface area contributed by atoms with Gasteiger partial charge >= 0.3 is 0 Å². The molecule has 108 valence electrons. The lowest BCUT2D eigenvalue weighted by Crippen LogP contribution is -1.96. The monoisotopic (exact) mass is 301 g/mol. The van der Waals surface area contributed by atoms with Crippen molar-refractivity contribution in [3.63, 3.8) is 0 Å². The first-order chi connectivity index (χ1) is 10.3. The Bertz CT molecular complexity index is 734. The SMILES string of the molecule is CCOc1ccc(CCc2cc3occc3c(Cl)n2)cc1. The van der Waals surface area contributed by atoms with Crippen LogP contribution in [0, 0.1) is 0 Å². The Morgan fingerprint density at radius 1 is 1.14 bits per heavy atom. The maximum absolute atomic E-state index is 6.15. The standard InChI is InChI=1S/C17H16ClNO2/c1-2-20-14-7-4-12(5-8-14)3-6-13-11-16-15(9-10-21-16)17(18)19-13/h4-5,7-11H,2-3,6H2,1H3. The molecule has 0 saturated heterocycles. The van der Waals surface area contributed by atoms with Crippen molar-refractivity contribution in [2.75, 3.05) is 6.61 Å². The Balaban J connectivity index is 1.70. The molecule has 2 aromatic heterocycles. The first-order valence-electron chi connectivity index (χ1n) is 7.00. The average Bonchev–Trinajstić information content (AvgIpc) is 2.96.